The van der Waals surface area contributed by atoms with E-state index in [-0.39, 0.29) is 0 Å². The number of rotatable bonds is 1. The van der Waals surface area contributed by atoms with Crippen molar-refractivity contribution in [3.05, 3.63) is 29.6 Å². The lowest BCUT2D eigenvalue weighted by molar-refractivity contribution is 0.533. The van der Waals surface area contributed by atoms with Gasteiger partial charge in [-0.3, -0.25) is 0 Å². The number of halogens is 2. The van der Waals surface area contributed by atoms with Gasteiger partial charge in [-0.2, -0.15) is 8.42 Å². The molecule has 0 aliphatic carbocycles. The lowest BCUT2D eigenvalue weighted by atomic mass is 10.2. The average molecular weight is 192 g/mol. The Morgan fingerprint density at radius 1 is 1.33 bits per heavy atom. The highest BCUT2D eigenvalue weighted by atomic mass is 32.3. The van der Waals surface area contributed by atoms with Crippen LogP contribution in [0, 0.1) is 12.7 Å². The molecule has 5 heteroatoms. The molecule has 0 bridgehead atoms. The highest BCUT2D eigenvalue weighted by Crippen LogP contribution is 2.17. The third-order valence-corrected chi connectivity index (χ3v) is 2.19. The summed E-state index contributed by atoms with van der Waals surface area (Å²) in [6.45, 7) is 1.55. The van der Waals surface area contributed by atoms with E-state index in [9.17, 15) is 16.7 Å². The molecule has 1 aromatic rings. The summed E-state index contributed by atoms with van der Waals surface area (Å²) in [6.07, 6.45) is 0. The molecule has 1 rings (SSSR count). The van der Waals surface area contributed by atoms with Gasteiger partial charge in [0.15, 0.2) is 0 Å². The summed E-state index contributed by atoms with van der Waals surface area (Å²) in [5, 5.41) is 0. The fraction of sp³-hybridized carbons (Fsp3) is 0.143. The zero-order valence-electron chi connectivity index (χ0n) is 6.21. The highest BCUT2D eigenvalue weighted by Gasteiger charge is 2.17. The summed E-state index contributed by atoms with van der Waals surface area (Å²) in [5.41, 5.74) is 0.493. The lowest BCUT2D eigenvalue weighted by Gasteiger charge is -1.97. The molecule has 0 aromatic heterocycles. The van der Waals surface area contributed by atoms with Crippen LogP contribution in [0.25, 0.3) is 0 Å². The molecular weight excluding hydrogens is 186 g/mol. The SMILES string of the molecule is Cc1ccc(F)c(S(=O)(=O)F)c1. The van der Waals surface area contributed by atoms with Gasteiger partial charge in [0, 0.05) is 0 Å². The Hall–Kier alpha value is -0.970. The predicted octanol–water partition coefficient (Wildman–Crippen LogP) is 1.79. The number of aryl methyl sites for hydroxylation is 1. The Balaban J connectivity index is 3.43. The van der Waals surface area contributed by atoms with Crippen LogP contribution in [0.4, 0.5) is 8.28 Å². The van der Waals surface area contributed by atoms with E-state index < -0.39 is 20.9 Å². The van der Waals surface area contributed by atoms with Crippen LogP contribution in [0.3, 0.4) is 0 Å². The highest BCUT2D eigenvalue weighted by molar-refractivity contribution is 7.86. The Kier molecular flexibility index (Phi) is 2.14. The standard InChI is InChI=1S/C7H6F2O2S/c1-5-2-3-6(8)7(4-5)12(9,10)11/h2-4H,1H3. The zero-order valence-corrected chi connectivity index (χ0v) is 7.03. The van der Waals surface area contributed by atoms with Crippen molar-refractivity contribution in [2.45, 2.75) is 11.8 Å². The molecule has 0 spiro atoms. The summed E-state index contributed by atoms with van der Waals surface area (Å²) in [6, 6.07) is 3.23. The van der Waals surface area contributed by atoms with Crippen LogP contribution in [0.5, 0.6) is 0 Å². The van der Waals surface area contributed by atoms with Gasteiger partial charge >= 0.3 is 10.2 Å². The fourth-order valence-corrected chi connectivity index (χ4v) is 1.43. The maximum atomic E-state index is 12.6. The smallest absolute Gasteiger partial charge is 0.205 e. The third kappa shape index (κ3) is 1.79. The van der Waals surface area contributed by atoms with Crippen molar-refractivity contribution in [3.63, 3.8) is 0 Å². The second-order valence-electron chi connectivity index (χ2n) is 2.37. The molecule has 0 N–H and O–H groups in total. The normalized spacial score (nSPS) is 11.6. The first kappa shape index (κ1) is 9.12. The second-order valence-corrected chi connectivity index (χ2v) is 3.69. The first-order valence-corrected chi connectivity index (χ1v) is 4.50. The molecule has 2 nitrogen and oxygen atoms in total. The van der Waals surface area contributed by atoms with Gasteiger partial charge in [-0.15, -0.1) is 3.89 Å². The van der Waals surface area contributed by atoms with E-state index in [1.54, 1.807) is 6.92 Å². The van der Waals surface area contributed by atoms with Gasteiger partial charge in [0.1, 0.15) is 10.7 Å². The Labute approximate surface area is 69.0 Å². The van der Waals surface area contributed by atoms with Crippen molar-refractivity contribution in [1.29, 1.82) is 0 Å². The van der Waals surface area contributed by atoms with Crippen molar-refractivity contribution in [3.8, 4) is 0 Å². The average Bonchev–Trinajstić information content (AvgIpc) is 1.92. The number of hydrogen-bond acceptors (Lipinski definition) is 2. The largest absolute Gasteiger partial charge is 0.335 e. The van der Waals surface area contributed by atoms with Crippen molar-refractivity contribution < 1.29 is 16.7 Å². The van der Waals surface area contributed by atoms with Crippen LogP contribution in [0.1, 0.15) is 5.56 Å². The van der Waals surface area contributed by atoms with Crippen molar-refractivity contribution in [1.82, 2.24) is 0 Å². The summed E-state index contributed by atoms with van der Waals surface area (Å²) in [7, 11) is -4.93. The van der Waals surface area contributed by atoms with Gasteiger partial charge in [-0.25, -0.2) is 4.39 Å². The van der Waals surface area contributed by atoms with Gasteiger partial charge in [-0.1, -0.05) is 6.07 Å². The van der Waals surface area contributed by atoms with Crippen LogP contribution >= 0.6 is 0 Å². The van der Waals surface area contributed by atoms with Crippen LogP contribution < -0.4 is 0 Å². The van der Waals surface area contributed by atoms with E-state index in [0.717, 1.165) is 12.1 Å². The molecule has 12 heavy (non-hydrogen) atoms. The van der Waals surface area contributed by atoms with Crippen LogP contribution in [0.15, 0.2) is 23.1 Å². The van der Waals surface area contributed by atoms with E-state index in [1.165, 1.54) is 6.07 Å². The second kappa shape index (κ2) is 2.82. The summed E-state index contributed by atoms with van der Waals surface area (Å²) in [5.74, 6) is -1.07. The molecule has 0 saturated heterocycles. The van der Waals surface area contributed by atoms with Gasteiger partial charge in [0.05, 0.1) is 0 Å². The molecule has 0 fully saturated rings. The summed E-state index contributed by atoms with van der Waals surface area (Å²) < 4.78 is 45.5. The van der Waals surface area contributed by atoms with E-state index in [1.807, 2.05) is 0 Å². The van der Waals surface area contributed by atoms with E-state index in [0.29, 0.717) is 5.56 Å². The molecular formula is C7H6F2O2S. The van der Waals surface area contributed by atoms with Gasteiger partial charge in [0.25, 0.3) is 0 Å². The number of hydrogen-bond donors (Lipinski definition) is 0. The van der Waals surface area contributed by atoms with Gasteiger partial charge in [-0.05, 0) is 24.6 Å². The topological polar surface area (TPSA) is 34.1 Å². The predicted molar refractivity (Wildman–Crippen MR) is 39.4 cm³/mol. The Morgan fingerprint density at radius 2 is 1.92 bits per heavy atom. The Morgan fingerprint density at radius 3 is 2.33 bits per heavy atom. The van der Waals surface area contributed by atoms with Gasteiger partial charge < -0.3 is 0 Å². The van der Waals surface area contributed by atoms with Crippen LogP contribution in [-0.4, -0.2) is 8.42 Å². The van der Waals surface area contributed by atoms with Crippen molar-refractivity contribution in [2.24, 2.45) is 0 Å². The molecule has 1 aromatic carbocycles. The minimum atomic E-state index is -4.93. The molecule has 0 aliphatic rings. The molecule has 0 atom stereocenters. The minimum absolute atomic E-state index is 0.493. The van der Waals surface area contributed by atoms with Gasteiger partial charge in [0.2, 0.25) is 0 Å². The quantitative estimate of drug-likeness (QED) is 0.636. The Bertz CT molecular complexity index is 398. The third-order valence-electron chi connectivity index (χ3n) is 1.35. The zero-order chi connectivity index (χ0) is 9.35. The minimum Gasteiger partial charge on any atom is -0.205 e. The summed E-state index contributed by atoms with van der Waals surface area (Å²) >= 11 is 0. The maximum absolute atomic E-state index is 12.6. The van der Waals surface area contributed by atoms with Crippen molar-refractivity contribution in [2.75, 3.05) is 0 Å². The number of benzene rings is 1. The van der Waals surface area contributed by atoms with Crippen LogP contribution in [-0.2, 0) is 10.2 Å². The monoisotopic (exact) mass is 192 g/mol. The molecule has 66 valence electrons. The summed E-state index contributed by atoms with van der Waals surface area (Å²) in [4.78, 5) is -0.900. The first-order chi connectivity index (χ1) is 5.41. The first-order valence-electron chi connectivity index (χ1n) is 3.12. The molecule has 0 saturated carbocycles. The lowest BCUT2D eigenvalue weighted by Crippen LogP contribution is -1.96. The van der Waals surface area contributed by atoms with E-state index in [2.05, 4.69) is 0 Å². The van der Waals surface area contributed by atoms with E-state index in [4.69, 9.17) is 0 Å². The molecule has 0 aliphatic heterocycles. The molecule has 0 heterocycles. The molecule has 0 amide bonds. The van der Waals surface area contributed by atoms with E-state index >= 15 is 0 Å². The molecule has 0 radical (unpaired) electrons. The van der Waals surface area contributed by atoms with Crippen LogP contribution in [0.2, 0.25) is 0 Å². The van der Waals surface area contributed by atoms with Crippen molar-refractivity contribution >= 4 is 10.2 Å². The fourth-order valence-electron chi connectivity index (χ4n) is 0.797. The molecule has 0 unspecified atom stereocenters. The maximum Gasteiger partial charge on any atom is 0.335 e.